The van der Waals surface area contributed by atoms with Crippen LogP contribution in [0.25, 0.3) is 0 Å². The zero-order valence-electron chi connectivity index (χ0n) is 5.92. The Hall–Kier alpha value is -0.210. The molecule has 1 nitrogen and oxygen atoms in total. The third-order valence-electron chi connectivity index (χ3n) is 1.86. The highest BCUT2D eigenvalue weighted by atomic mass is 35.5. The van der Waals surface area contributed by atoms with E-state index in [0.29, 0.717) is 5.92 Å². The molecule has 1 aliphatic carbocycles. The Labute approximate surface area is 76.2 Å². The molecule has 0 saturated heterocycles. The maximum absolute atomic E-state index is 5.99. The van der Waals surface area contributed by atoms with Gasteiger partial charge in [-0.2, -0.15) is 0 Å². The summed E-state index contributed by atoms with van der Waals surface area (Å²) in [5, 5.41) is 0.735. The summed E-state index contributed by atoms with van der Waals surface area (Å²) >= 11 is 10.2. The van der Waals surface area contributed by atoms with Gasteiger partial charge in [-0.3, -0.25) is 4.98 Å². The van der Waals surface area contributed by atoms with Gasteiger partial charge in [0, 0.05) is 17.0 Å². The van der Waals surface area contributed by atoms with Gasteiger partial charge in [0.2, 0.25) is 0 Å². The fourth-order valence-corrected chi connectivity index (χ4v) is 1.54. The Balaban J connectivity index is 2.45. The Bertz CT molecular complexity index is 283. The van der Waals surface area contributed by atoms with E-state index in [9.17, 15) is 0 Å². The van der Waals surface area contributed by atoms with Crippen molar-refractivity contribution >= 4 is 24.2 Å². The van der Waals surface area contributed by atoms with Crippen molar-refractivity contribution in [1.82, 2.24) is 4.98 Å². The molecule has 0 N–H and O–H groups in total. The molecule has 1 aliphatic rings. The van der Waals surface area contributed by atoms with Crippen molar-refractivity contribution in [3.63, 3.8) is 0 Å². The molecule has 1 heterocycles. The lowest BCUT2D eigenvalue weighted by Gasteiger charge is -2.01. The van der Waals surface area contributed by atoms with Crippen molar-refractivity contribution < 1.29 is 0 Å². The fraction of sp³-hybridized carbons (Fsp3) is 0.375. The van der Waals surface area contributed by atoms with Gasteiger partial charge in [0.15, 0.2) is 0 Å². The van der Waals surface area contributed by atoms with Gasteiger partial charge in [-0.15, -0.1) is 12.6 Å². The monoisotopic (exact) mass is 185 g/mol. The maximum Gasteiger partial charge on any atom is 0.0757 e. The minimum absolute atomic E-state index is 0.606. The smallest absolute Gasteiger partial charge is 0.0757 e. The molecule has 0 amide bonds. The third kappa shape index (κ3) is 1.37. The molecule has 0 aliphatic heterocycles. The highest BCUT2D eigenvalue weighted by Crippen LogP contribution is 2.43. The predicted octanol–water partition coefficient (Wildman–Crippen LogP) is 2.90. The number of hydrogen-bond donors (Lipinski definition) is 1. The van der Waals surface area contributed by atoms with Crippen LogP contribution in [0.5, 0.6) is 0 Å². The first-order valence-corrected chi connectivity index (χ1v) is 4.45. The molecule has 0 aromatic carbocycles. The molecule has 1 fully saturated rings. The van der Waals surface area contributed by atoms with Gasteiger partial charge in [0.05, 0.1) is 10.7 Å². The summed E-state index contributed by atoms with van der Waals surface area (Å²) in [6.45, 7) is 0. The lowest BCUT2D eigenvalue weighted by molar-refractivity contribution is 1.01. The molecule has 2 rings (SSSR count). The standard InChI is InChI=1S/C8H8ClNS/c9-7-6(11)3-4-10-8(7)5-1-2-5/h3-5H,1-2H2,(H,10,11). The molecule has 0 unspecified atom stereocenters. The summed E-state index contributed by atoms with van der Waals surface area (Å²) in [6.07, 6.45) is 4.22. The van der Waals surface area contributed by atoms with Crippen molar-refractivity contribution in [3.8, 4) is 0 Å². The van der Waals surface area contributed by atoms with E-state index in [1.165, 1.54) is 12.8 Å². The minimum Gasteiger partial charge on any atom is -0.259 e. The molecular formula is C8H8ClNS. The van der Waals surface area contributed by atoms with E-state index in [1.54, 1.807) is 6.20 Å². The summed E-state index contributed by atoms with van der Waals surface area (Å²) in [4.78, 5) is 5.06. The van der Waals surface area contributed by atoms with Crippen molar-refractivity contribution in [2.45, 2.75) is 23.7 Å². The SMILES string of the molecule is Sc1ccnc(C2CC2)c1Cl. The first kappa shape index (κ1) is 7.44. The van der Waals surface area contributed by atoms with E-state index < -0.39 is 0 Å². The number of nitrogens with zero attached hydrogens (tertiary/aromatic N) is 1. The predicted molar refractivity (Wildman–Crippen MR) is 48.5 cm³/mol. The van der Waals surface area contributed by atoms with Crippen molar-refractivity contribution in [1.29, 1.82) is 0 Å². The van der Waals surface area contributed by atoms with E-state index in [4.69, 9.17) is 11.6 Å². The van der Waals surface area contributed by atoms with E-state index in [2.05, 4.69) is 17.6 Å². The van der Waals surface area contributed by atoms with E-state index in [-0.39, 0.29) is 0 Å². The Morgan fingerprint density at radius 2 is 2.27 bits per heavy atom. The van der Waals surface area contributed by atoms with Gasteiger partial charge in [-0.25, -0.2) is 0 Å². The van der Waals surface area contributed by atoms with E-state index >= 15 is 0 Å². The largest absolute Gasteiger partial charge is 0.259 e. The Morgan fingerprint density at radius 1 is 1.55 bits per heavy atom. The maximum atomic E-state index is 5.99. The molecule has 0 spiro atoms. The zero-order valence-corrected chi connectivity index (χ0v) is 7.57. The second-order valence-corrected chi connectivity index (χ2v) is 3.66. The van der Waals surface area contributed by atoms with Crippen LogP contribution in [0, 0.1) is 0 Å². The minimum atomic E-state index is 0.606. The van der Waals surface area contributed by atoms with Crippen LogP contribution in [0.4, 0.5) is 0 Å². The summed E-state index contributed by atoms with van der Waals surface area (Å²) in [7, 11) is 0. The summed E-state index contributed by atoms with van der Waals surface area (Å²) < 4.78 is 0. The number of pyridine rings is 1. The van der Waals surface area contributed by atoms with Crippen LogP contribution < -0.4 is 0 Å². The van der Waals surface area contributed by atoms with Gasteiger partial charge in [-0.05, 0) is 18.9 Å². The quantitative estimate of drug-likeness (QED) is 0.664. The third-order valence-corrected chi connectivity index (χ3v) is 2.76. The van der Waals surface area contributed by atoms with Gasteiger partial charge in [0.1, 0.15) is 0 Å². The van der Waals surface area contributed by atoms with E-state index in [1.807, 2.05) is 6.07 Å². The summed E-state index contributed by atoms with van der Waals surface area (Å²) in [6, 6.07) is 1.82. The lowest BCUT2D eigenvalue weighted by Crippen LogP contribution is -1.87. The second kappa shape index (κ2) is 2.68. The second-order valence-electron chi connectivity index (χ2n) is 2.80. The molecule has 3 heteroatoms. The average molecular weight is 186 g/mol. The fourth-order valence-electron chi connectivity index (χ4n) is 1.09. The Kier molecular flexibility index (Phi) is 1.81. The van der Waals surface area contributed by atoms with Gasteiger partial charge in [0.25, 0.3) is 0 Å². The summed E-state index contributed by atoms with van der Waals surface area (Å²) in [5.41, 5.74) is 1.03. The highest BCUT2D eigenvalue weighted by Gasteiger charge is 2.27. The van der Waals surface area contributed by atoms with Crippen LogP contribution in [0.2, 0.25) is 5.02 Å². The topological polar surface area (TPSA) is 12.9 Å². The molecule has 58 valence electrons. The van der Waals surface area contributed by atoms with Crippen molar-refractivity contribution in [2.75, 3.05) is 0 Å². The highest BCUT2D eigenvalue weighted by molar-refractivity contribution is 7.80. The number of aromatic nitrogens is 1. The van der Waals surface area contributed by atoms with Crippen LogP contribution in [0.3, 0.4) is 0 Å². The van der Waals surface area contributed by atoms with Crippen LogP contribution in [-0.2, 0) is 0 Å². The van der Waals surface area contributed by atoms with Crippen LogP contribution in [0.15, 0.2) is 17.2 Å². The molecule has 0 radical (unpaired) electrons. The lowest BCUT2D eigenvalue weighted by atomic mass is 10.2. The van der Waals surface area contributed by atoms with E-state index in [0.717, 1.165) is 15.6 Å². The van der Waals surface area contributed by atoms with Crippen molar-refractivity contribution in [2.24, 2.45) is 0 Å². The van der Waals surface area contributed by atoms with Crippen LogP contribution >= 0.6 is 24.2 Å². The normalized spacial score (nSPS) is 16.9. The number of hydrogen-bond acceptors (Lipinski definition) is 2. The van der Waals surface area contributed by atoms with Gasteiger partial charge >= 0.3 is 0 Å². The number of halogens is 1. The molecule has 1 saturated carbocycles. The van der Waals surface area contributed by atoms with Gasteiger partial charge < -0.3 is 0 Å². The molecule has 0 atom stereocenters. The van der Waals surface area contributed by atoms with Crippen molar-refractivity contribution in [3.05, 3.63) is 23.0 Å². The first-order valence-electron chi connectivity index (χ1n) is 3.62. The molecule has 1 aromatic heterocycles. The average Bonchev–Trinajstić information content (AvgIpc) is 2.77. The molecule has 0 bridgehead atoms. The number of thiol groups is 1. The first-order chi connectivity index (χ1) is 5.29. The molecular weight excluding hydrogens is 178 g/mol. The number of rotatable bonds is 1. The van der Waals surface area contributed by atoms with Crippen LogP contribution in [-0.4, -0.2) is 4.98 Å². The van der Waals surface area contributed by atoms with Gasteiger partial charge in [-0.1, -0.05) is 11.6 Å². The Morgan fingerprint density at radius 3 is 2.91 bits per heavy atom. The molecule has 11 heavy (non-hydrogen) atoms. The zero-order chi connectivity index (χ0) is 7.84. The molecule has 1 aromatic rings. The van der Waals surface area contributed by atoms with Crippen LogP contribution in [0.1, 0.15) is 24.5 Å². The summed E-state index contributed by atoms with van der Waals surface area (Å²) in [5.74, 6) is 0.606.